The largest absolute Gasteiger partial charge is 0.380 e. The van der Waals surface area contributed by atoms with Crippen LogP contribution < -0.4 is 4.90 Å². The number of aromatic nitrogens is 1. The second kappa shape index (κ2) is 5.54. The molecule has 0 N–H and O–H groups in total. The van der Waals surface area contributed by atoms with Crippen LogP contribution in [0.4, 0.5) is 5.82 Å². The lowest BCUT2D eigenvalue weighted by molar-refractivity contribution is 0.154. The van der Waals surface area contributed by atoms with Crippen molar-refractivity contribution in [2.45, 2.75) is 6.92 Å². The second-order valence-corrected chi connectivity index (χ2v) is 2.81. The van der Waals surface area contributed by atoms with E-state index < -0.39 is 0 Å². The van der Waals surface area contributed by atoms with Gasteiger partial charge in [-0.25, -0.2) is 4.98 Å². The molecule has 0 amide bonds. The van der Waals surface area contributed by atoms with Crippen molar-refractivity contribution in [1.29, 1.82) is 0 Å². The molecule has 1 aromatic rings. The molecule has 0 saturated carbocycles. The Morgan fingerprint density at radius 3 is 2.92 bits per heavy atom. The van der Waals surface area contributed by atoms with Gasteiger partial charge in [-0.05, 0) is 19.1 Å². The van der Waals surface area contributed by atoms with Crippen molar-refractivity contribution < 1.29 is 4.74 Å². The fourth-order valence-corrected chi connectivity index (χ4v) is 1.04. The molecular formula is C10H16N2O. The number of anilines is 1. The van der Waals surface area contributed by atoms with Crippen LogP contribution in [0.1, 0.15) is 6.92 Å². The number of pyridine rings is 1. The Morgan fingerprint density at radius 2 is 2.31 bits per heavy atom. The van der Waals surface area contributed by atoms with Crippen molar-refractivity contribution in [2.24, 2.45) is 0 Å². The van der Waals surface area contributed by atoms with Crippen molar-refractivity contribution in [3.05, 3.63) is 24.4 Å². The summed E-state index contributed by atoms with van der Waals surface area (Å²) in [7, 11) is 2.02. The zero-order chi connectivity index (χ0) is 9.52. The Morgan fingerprint density at radius 1 is 1.46 bits per heavy atom. The van der Waals surface area contributed by atoms with Crippen LogP contribution in [-0.2, 0) is 4.74 Å². The van der Waals surface area contributed by atoms with Crippen molar-refractivity contribution in [3.63, 3.8) is 0 Å². The predicted molar refractivity (Wildman–Crippen MR) is 54.0 cm³/mol. The van der Waals surface area contributed by atoms with Crippen LogP contribution in [0.5, 0.6) is 0 Å². The van der Waals surface area contributed by atoms with Gasteiger partial charge in [-0.15, -0.1) is 0 Å². The summed E-state index contributed by atoms with van der Waals surface area (Å²) in [6.45, 7) is 4.41. The first-order valence-corrected chi connectivity index (χ1v) is 4.54. The minimum Gasteiger partial charge on any atom is -0.380 e. The zero-order valence-corrected chi connectivity index (χ0v) is 8.23. The van der Waals surface area contributed by atoms with Crippen LogP contribution in [0.2, 0.25) is 0 Å². The lowest BCUT2D eigenvalue weighted by atomic mass is 10.4. The summed E-state index contributed by atoms with van der Waals surface area (Å²) in [5.41, 5.74) is 0. The van der Waals surface area contributed by atoms with E-state index in [4.69, 9.17) is 4.74 Å². The third-order valence-electron chi connectivity index (χ3n) is 1.82. The molecule has 13 heavy (non-hydrogen) atoms. The molecule has 3 heteroatoms. The van der Waals surface area contributed by atoms with E-state index in [0.29, 0.717) is 0 Å². The first-order valence-electron chi connectivity index (χ1n) is 4.54. The second-order valence-electron chi connectivity index (χ2n) is 2.81. The van der Waals surface area contributed by atoms with Gasteiger partial charge in [0.05, 0.1) is 6.61 Å². The van der Waals surface area contributed by atoms with Crippen LogP contribution >= 0.6 is 0 Å². The van der Waals surface area contributed by atoms with Gasteiger partial charge >= 0.3 is 0 Å². The van der Waals surface area contributed by atoms with E-state index in [2.05, 4.69) is 9.88 Å². The Bertz CT molecular complexity index is 226. The average Bonchev–Trinajstić information content (AvgIpc) is 2.19. The van der Waals surface area contributed by atoms with Crippen LogP contribution in [0.25, 0.3) is 0 Å². The minimum absolute atomic E-state index is 0.754. The SMILES string of the molecule is CCOCCN(C)c1ccccn1. The molecule has 0 bridgehead atoms. The van der Waals surface area contributed by atoms with Crippen molar-refractivity contribution in [2.75, 3.05) is 31.7 Å². The molecule has 0 spiro atoms. The van der Waals surface area contributed by atoms with Gasteiger partial charge in [0.1, 0.15) is 5.82 Å². The third-order valence-corrected chi connectivity index (χ3v) is 1.82. The Labute approximate surface area is 79.3 Å². The molecular weight excluding hydrogens is 164 g/mol. The summed E-state index contributed by atoms with van der Waals surface area (Å²) >= 11 is 0. The zero-order valence-electron chi connectivity index (χ0n) is 8.23. The summed E-state index contributed by atoms with van der Waals surface area (Å²) < 4.78 is 5.26. The lowest BCUT2D eigenvalue weighted by Crippen LogP contribution is -2.23. The number of hydrogen-bond acceptors (Lipinski definition) is 3. The molecule has 0 aliphatic rings. The van der Waals surface area contributed by atoms with Gasteiger partial charge in [0.15, 0.2) is 0 Å². The molecule has 0 aliphatic carbocycles. The molecule has 0 radical (unpaired) electrons. The topological polar surface area (TPSA) is 25.4 Å². The first kappa shape index (κ1) is 9.99. The average molecular weight is 180 g/mol. The van der Waals surface area contributed by atoms with E-state index in [1.807, 2.05) is 32.2 Å². The molecule has 0 saturated heterocycles. The molecule has 72 valence electrons. The number of ether oxygens (including phenoxy) is 1. The fourth-order valence-electron chi connectivity index (χ4n) is 1.04. The molecule has 3 nitrogen and oxygen atoms in total. The summed E-state index contributed by atoms with van der Waals surface area (Å²) in [5.74, 6) is 0.988. The highest BCUT2D eigenvalue weighted by atomic mass is 16.5. The Hall–Kier alpha value is -1.09. The van der Waals surface area contributed by atoms with Gasteiger partial charge in [-0.2, -0.15) is 0 Å². The maximum Gasteiger partial charge on any atom is 0.128 e. The Kier molecular flexibility index (Phi) is 4.26. The normalized spacial score (nSPS) is 10.0. The van der Waals surface area contributed by atoms with Crippen LogP contribution in [-0.4, -0.2) is 31.8 Å². The summed E-state index contributed by atoms with van der Waals surface area (Å²) in [5, 5.41) is 0. The van der Waals surface area contributed by atoms with Crippen molar-refractivity contribution in [1.82, 2.24) is 4.98 Å². The van der Waals surface area contributed by atoms with Crippen LogP contribution in [0.15, 0.2) is 24.4 Å². The van der Waals surface area contributed by atoms with Crippen molar-refractivity contribution in [3.8, 4) is 0 Å². The van der Waals surface area contributed by atoms with E-state index in [-0.39, 0.29) is 0 Å². The maximum absolute atomic E-state index is 5.26. The van der Waals surface area contributed by atoms with Gasteiger partial charge in [0, 0.05) is 26.4 Å². The molecule has 0 fully saturated rings. The number of likely N-dealkylation sites (N-methyl/N-ethyl adjacent to an activating group) is 1. The quantitative estimate of drug-likeness (QED) is 0.643. The highest BCUT2D eigenvalue weighted by Crippen LogP contribution is 2.05. The van der Waals surface area contributed by atoms with Crippen molar-refractivity contribution >= 4 is 5.82 Å². The molecule has 1 rings (SSSR count). The van der Waals surface area contributed by atoms with Gasteiger partial charge in [-0.3, -0.25) is 0 Å². The van der Waals surface area contributed by atoms with E-state index in [1.54, 1.807) is 6.20 Å². The summed E-state index contributed by atoms with van der Waals surface area (Å²) in [6.07, 6.45) is 1.80. The number of rotatable bonds is 5. The maximum atomic E-state index is 5.26. The smallest absolute Gasteiger partial charge is 0.128 e. The molecule has 0 aliphatic heterocycles. The molecule has 1 heterocycles. The van der Waals surface area contributed by atoms with E-state index >= 15 is 0 Å². The molecule has 0 aromatic carbocycles. The summed E-state index contributed by atoms with van der Waals surface area (Å²) in [4.78, 5) is 6.31. The van der Waals surface area contributed by atoms with E-state index in [9.17, 15) is 0 Å². The molecule has 0 atom stereocenters. The Balaban J connectivity index is 2.35. The summed E-state index contributed by atoms with van der Waals surface area (Å²) in [6, 6.07) is 5.89. The minimum atomic E-state index is 0.754. The third kappa shape index (κ3) is 3.42. The van der Waals surface area contributed by atoms with Crippen LogP contribution in [0, 0.1) is 0 Å². The fraction of sp³-hybridized carbons (Fsp3) is 0.500. The number of hydrogen-bond donors (Lipinski definition) is 0. The van der Waals surface area contributed by atoms with Gasteiger partial charge in [-0.1, -0.05) is 6.07 Å². The van der Waals surface area contributed by atoms with Gasteiger partial charge in [0.2, 0.25) is 0 Å². The number of nitrogens with zero attached hydrogens (tertiary/aromatic N) is 2. The monoisotopic (exact) mass is 180 g/mol. The predicted octanol–water partition coefficient (Wildman–Crippen LogP) is 1.55. The highest BCUT2D eigenvalue weighted by molar-refractivity contribution is 5.36. The van der Waals surface area contributed by atoms with Gasteiger partial charge < -0.3 is 9.64 Å². The van der Waals surface area contributed by atoms with Gasteiger partial charge in [0.25, 0.3) is 0 Å². The molecule has 1 aromatic heterocycles. The molecule has 0 unspecified atom stereocenters. The van der Waals surface area contributed by atoms with Crippen LogP contribution in [0.3, 0.4) is 0 Å². The van der Waals surface area contributed by atoms with E-state index in [0.717, 1.165) is 25.6 Å². The highest BCUT2D eigenvalue weighted by Gasteiger charge is 1.99. The van der Waals surface area contributed by atoms with E-state index in [1.165, 1.54) is 0 Å². The lowest BCUT2D eigenvalue weighted by Gasteiger charge is -2.17. The first-order chi connectivity index (χ1) is 6.34. The standard InChI is InChI=1S/C10H16N2O/c1-3-13-9-8-12(2)10-6-4-5-7-11-10/h4-7H,3,8-9H2,1-2H3.